The number of nitrogens with one attached hydrogen (secondary N) is 1. The average molecular weight is 380 g/mol. The molecule has 0 bridgehead atoms. The van der Waals surface area contributed by atoms with Crippen molar-refractivity contribution >= 4 is 17.1 Å². The fourth-order valence-corrected chi connectivity index (χ4v) is 4.23. The van der Waals surface area contributed by atoms with Crippen molar-refractivity contribution in [3.05, 3.63) is 29.7 Å². The summed E-state index contributed by atoms with van der Waals surface area (Å²) >= 11 is 0. The number of carbonyl (C=O) groups excluding carboxylic acids is 1. The topological polar surface area (TPSA) is 88.9 Å². The maximum atomic E-state index is 12.3. The lowest BCUT2D eigenvalue weighted by molar-refractivity contribution is -0.00969. The number of aryl methyl sites for hydroxylation is 2. The van der Waals surface area contributed by atoms with Crippen LogP contribution in [0.4, 0.5) is 4.79 Å². The molecule has 0 saturated carbocycles. The minimum Gasteiger partial charge on any atom is -0.444 e. The molecule has 2 aliphatic rings. The van der Waals surface area contributed by atoms with Gasteiger partial charge in [-0.1, -0.05) is 0 Å². The zero-order valence-corrected chi connectivity index (χ0v) is 16.6. The summed E-state index contributed by atoms with van der Waals surface area (Å²) < 4.78 is 7.58. The van der Waals surface area contributed by atoms with Crippen LogP contribution in [0.5, 0.6) is 0 Å². The Morgan fingerprint density at radius 1 is 1.29 bits per heavy atom. The van der Waals surface area contributed by atoms with Crippen LogP contribution >= 0.6 is 0 Å². The van der Waals surface area contributed by atoms with Gasteiger partial charge in [0.2, 0.25) is 0 Å². The van der Waals surface area contributed by atoms with Crippen LogP contribution in [0.2, 0.25) is 0 Å². The molecule has 146 valence electrons. The van der Waals surface area contributed by atoms with Crippen LogP contribution in [0.3, 0.4) is 0 Å². The number of likely N-dealkylation sites (tertiary alicyclic amines) is 1. The molecule has 3 aromatic heterocycles. The number of hydrogen-bond donors (Lipinski definition) is 1. The Morgan fingerprint density at radius 3 is 2.82 bits per heavy atom. The average Bonchev–Trinajstić information content (AvgIpc) is 3.25. The number of H-pyrrole nitrogens is 1. The minimum absolute atomic E-state index is 0.00869. The lowest BCUT2D eigenvalue weighted by atomic mass is 9.76. The molecule has 5 heterocycles. The van der Waals surface area contributed by atoms with Crippen LogP contribution in [0.25, 0.3) is 22.3 Å². The number of aromatic amines is 1. The summed E-state index contributed by atoms with van der Waals surface area (Å²) in [6.07, 6.45) is 2.60. The third-order valence-electron chi connectivity index (χ3n) is 5.67. The van der Waals surface area contributed by atoms with Gasteiger partial charge in [0.25, 0.3) is 0 Å². The number of nitrogens with zero attached hydrogens (tertiary/aromatic N) is 5. The molecule has 3 aromatic rings. The largest absolute Gasteiger partial charge is 0.444 e. The van der Waals surface area contributed by atoms with E-state index in [-0.39, 0.29) is 11.5 Å². The Labute approximate surface area is 162 Å². The Bertz CT molecular complexity index is 1080. The highest BCUT2D eigenvalue weighted by atomic mass is 16.6. The molecule has 0 atom stereocenters. The number of pyridine rings is 1. The Balaban J connectivity index is 1.39. The fraction of sp³-hybridized carbons (Fsp3) is 0.500. The van der Waals surface area contributed by atoms with Gasteiger partial charge < -0.3 is 9.64 Å². The van der Waals surface area contributed by atoms with Crippen molar-refractivity contribution in [1.29, 1.82) is 0 Å². The Hall–Kier alpha value is -2.90. The van der Waals surface area contributed by atoms with Gasteiger partial charge in [-0.2, -0.15) is 10.2 Å². The van der Waals surface area contributed by atoms with E-state index in [0.29, 0.717) is 13.1 Å². The molecule has 8 nitrogen and oxygen atoms in total. The van der Waals surface area contributed by atoms with Gasteiger partial charge in [0.05, 0.1) is 11.4 Å². The highest BCUT2D eigenvalue weighted by Crippen LogP contribution is 2.44. The van der Waals surface area contributed by atoms with Gasteiger partial charge in [-0.15, -0.1) is 0 Å². The molecule has 1 N–H and O–H groups in total. The monoisotopic (exact) mass is 380 g/mol. The zero-order chi connectivity index (χ0) is 19.7. The number of carbonyl (C=O) groups is 1. The van der Waals surface area contributed by atoms with Crippen LogP contribution in [0.1, 0.15) is 38.6 Å². The van der Waals surface area contributed by atoms with Crippen LogP contribution < -0.4 is 0 Å². The van der Waals surface area contributed by atoms with E-state index in [0.717, 1.165) is 41.0 Å². The molecule has 28 heavy (non-hydrogen) atoms. The molecule has 0 unspecified atom stereocenters. The van der Waals surface area contributed by atoms with Crippen molar-refractivity contribution in [1.82, 2.24) is 29.9 Å². The first-order chi connectivity index (χ1) is 13.2. The standard InChI is InChI=1S/C20H24N6O2/c1-12-14-7-13(9-21-17(14)23-22-12)15-8-16-20(5-6-26(16)24-15)10-25(11-20)18(27)28-19(2,3)4/h7-9H,5-6,10-11H2,1-4H3,(H,21,22,23). The quantitative estimate of drug-likeness (QED) is 0.701. The molecule has 1 saturated heterocycles. The van der Waals surface area contributed by atoms with E-state index >= 15 is 0 Å². The van der Waals surface area contributed by atoms with Crippen molar-refractivity contribution in [2.24, 2.45) is 0 Å². The maximum Gasteiger partial charge on any atom is 0.410 e. The molecule has 1 amide bonds. The van der Waals surface area contributed by atoms with E-state index in [1.807, 2.05) is 33.9 Å². The highest BCUT2D eigenvalue weighted by molar-refractivity contribution is 5.82. The van der Waals surface area contributed by atoms with E-state index in [9.17, 15) is 4.79 Å². The van der Waals surface area contributed by atoms with Gasteiger partial charge in [0, 0.05) is 47.9 Å². The van der Waals surface area contributed by atoms with E-state index < -0.39 is 5.60 Å². The van der Waals surface area contributed by atoms with Crippen molar-refractivity contribution in [3.63, 3.8) is 0 Å². The summed E-state index contributed by atoms with van der Waals surface area (Å²) in [6, 6.07) is 4.23. The molecule has 1 spiro atoms. The van der Waals surface area contributed by atoms with Gasteiger partial charge >= 0.3 is 6.09 Å². The third kappa shape index (κ3) is 2.58. The first-order valence-electron chi connectivity index (χ1n) is 9.61. The third-order valence-corrected chi connectivity index (χ3v) is 5.67. The van der Waals surface area contributed by atoms with Gasteiger partial charge in [-0.25, -0.2) is 9.78 Å². The summed E-state index contributed by atoms with van der Waals surface area (Å²) in [7, 11) is 0. The van der Waals surface area contributed by atoms with Crippen LogP contribution in [-0.2, 0) is 16.7 Å². The number of aromatic nitrogens is 5. The van der Waals surface area contributed by atoms with Gasteiger partial charge in [0.1, 0.15) is 5.60 Å². The summed E-state index contributed by atoms with van der Waals surface area (Å²) in [5.74, 6) is 0. The van der Waals surface area contributed by atoms with Crippen molar-refractivity contribution < 1.29 is 9.53 Å². The number of hydrogen-bond acceptors (Lipinski definition) is 5. The molecule has 0 aliphatic carbocycles. The fourth-order valence-electron chi connectivity index (χ4n) is 4.23. The van der Waals surface area contributed by atoms with Crippen molar-refractivity contribution in [2.45, 2.75) is 51.7 Å². The second kappa shape index (κ2) is 5.56. The molecule has 0 aromatic carbocycles. The van der Waals surface area contributed by atoms with E-state index in [2.05, 4.69) is 32.0 Å². The lowest BCUT2D eigenvalue weighted by Gasteiger charge is -2.47. The Kier molecular flexibility index (Phi) is 3.42. The maximum absolute atomic E-state index is 12.3. The summed E-state index contributed by atoms with van der Waals surface area (Å²) in [5.41, 5.74) is 4.34. The second-order valence-corrected chi connectivity index (χ2v) is 8.93. The molecule has 2 aliphatic heterocycles. The predicted octanol–water partition coefficient (Wildman–Crippen LogP) is 3.02. The molecular formula is C20H24N6O2. The lowest BCUT2D eigenvalue weighted by Crippen LogP contribution is -2.61. The smallest absolute Gasteiger partial charge is 0.410 e. The molecule has 1 fully saturated rings. The Morgan fingerprint density at radius 2 is 2.07 bits per heavy atom. The summed E-state index contributed by atoms with van der Waals surface area (Å²) in [5, 5.41) is 13.0. The molecule has 5 rings (SSSR count). The van der Waals surface area contributed by atoms with Crippen molar-refractivity contribution in [2.75, 3.05) is 13.1 Å². The van der Waals surface area contributed by atoms with Gasteiger partial charge in [0.15, 0.2) is 5.65 Å². The second-order valence-electron chi connectivity index (χ2n) is 8.93. The van der Waals surface area contributed by atoms with E-state index in [1.54, 1.807) is 4.90 Å². The van der Waals surface area contributed by atoms with Crippen molar-refractivity contribution in [3.8, 4) is 11.3 Å². The van der Waals surface area contributed by atoms with Crippen LogP contribution in [-0.4, -0.2) is 54.6 Å². The number of amides is 1. The molecular weight excluding hydrogens is 356 g/mol. The van der Waals surface area contributed by atoms with E-state index in [1.165, 1.54) is 5.69 Å². The van der Waals surface area contributed by atoms with Gasteiger partial charge in [-0.05, 0) is 46.2 Å². The normalized spacial score (nSPS) is 17.8. The van der Waals surface area contributed by atoms with Crippen LogP contribution in [0, 0.1) is 6.92 Å². The highest BCUT2D eigenvalue weighted by Gasteiger charge is 2.52. The number of rotatable bonds is 1. The number of fused-ring (bicyclic) bond motifs is 3. The van der Waals surface area contributed by atoms with E-state index in [4.69, 9.17) is 9.84 Å². The van der Waals surface area contributed by atoms with Gasteiger partial charge in [-0.3, -0.25) is 9.78 Å². The summed E-state index contributed by atoms with van der Waals surface area (Å²) in [4.78, 5) is 18.6. The first-order valence-corrected chi connectivity index (χ1v) is 9.61. The summed E-state index contributed by atoms with van der Waals surface area (Å²) in [6.45, 7) is 9.89. The molecule has 0 radical (unpaired) electrons. The minimum atomic E-state index is -0.471. The SMILES string of the molecule is Cc1n[nH]c2ncc(-c3cc4n(n3)CCC43CN(C(=O)OC(C)(C)C)C3)cc12. The predicted molar refractivity (Wildman–Crippen MR) is 104 cm³/mol. The van der Waals surface area contributed by atoms with Crippen LogP contribution in [0.15, 0.2) is 18.3 Å². The number of ether oxygens (including phenoxy) is 1. The first kappa shape index (κ1) is 17.2. The molecule has 8 heteroatoms. The zero-order valence-electron chi connectivity index (χ0n) is 16.6.